The van der Waals surface area contributed by atoms with Crippen molar-refractivity contribution >= 4 is 29.9 Å². The minimum atomic E-state index is 0. The van der Waals surface area contributed by atoms with Gasteiger partial charge in [0, 0.05) is 44.2 Å². The van der Waals surface area contributed by atoms with Crippen molar-refractivity contribution in [1.29, 1.82) is 0 Å². The smallest absolute Gasteiger partial charge is 0.194 e. The molecule has 3 atom stereocenters. The molecule has 2 heterocycles. The lowest BCUT2D eigenvalue weighted by molar-refractivity contribution is -0.168. The lowest BCUT2D eigenvalue weighted by Gasteiger charge is -2.61. The maximum absolute atomic E-state index is 6.03. The van der Waals surface area contributed by atoms with Gasteiger partial charge in [0.15, 0.2) is 5.96 Å². The Kier molecular flexibility index (Phi) is 7.70. The van der Waals surface area contributed by atoms with E-state index in [0.29, 0.717) is 17.6 Å². The van der Waals surface area contributed by atoms with Crippen molar-refractivity contribution in [1.82, 2.24) is 15.1 Å². The number of nitrogens with one attached hydrogen (secondary N) is 1. The topological polar surface area (TPSA) is 40.1 Å². The zero-order valence-corrected chi connectivity index (χ0v) is 19.6. The van der Waals surface area contributed by atoms with E-state index in [1.165, 1.54) is 77.2 Å². The fourth-order valence-electron chi connectivity index (χ4n) is 5.69. The summed E-state index contributed by atoms with van der Waals surface area (Å²) in [6.07, 6.45) is 9.75. The molecule has 0 amide bonds. The van der Waals surface area contributed by atoms with Gasteiger partial charge < -0.3 is 19.9 Å². The average molecular weight is 490 g/mol. The number of hydrogen-bond donors (Lipinski definition) is 1. The van der Waals surface area contributed by atoms with Crippen LogP contribution in [0.15, 0.2) is 4.99 Å². The standard InChI is InChI=1S/C21H38N4O.HI/c1-3-22-20(23-18-14-19(26-4-2)21(18)9-7-10-21)25-13-8-17(16-25)15-24-11-5-6-12-24;/h17-19H,3-16H2,1-2H3,(H,22,23);1H. The summed E-state index contributed by atoms with van der Waals surface area (Å²) in [6, 6.07) is 0.565. The van der Waals surface area contributed by atoms with Gasteiger partial charge in [-0.2, -0.15) is 0 Å². The van der Waals surface area contributed by atoms with E-state index in [0.717, 1.165) is 25.5 Å². The predicted octanol–water partition coefficient (Wildman–Crippen LogP) is 3.34. The van der Waals surface area contributed by atoms with Crippen LogP contribution in [0.5, 0.6) is 0 Å². The second-order valence-electron chi connectivity index (χ2n) is 8.87. The van der Waals surface area contributed by atoms with E-state index in [2.05, 4.69) is 29.0 Å². The molecule has 6 heteroatoms. The van der Waals surface area contributed by atoms with Crippen molar-refractivity contribution in [3.63, 3.8) is 0 Å². The van der Waals surface area contributed by atoms with Crippen molar-refractivity contribution in [2.75, 3.05) is 45.9 Å². The molecular formula is C21H39IN4O. The highest BCUT2D eigenvalue weighted by Gasteiger charge is 2.59. The summed E-state index contributed by atoms with van der Waals surface area (Å²) in [7, 11) is 0. The molecule has 2 saturated carbocycles. The Morgan fingerprint density at radius 2 is 1.93 bits per heavy atom. The van der Waals surface area contributed by atoms with Crippen LogP contribution >= 0.6 is 24.0 Å². The average Bonchev–Trinajstić information content (AvgIpc) is 3.24. The number of ether oxygens (including phenoxy) is 1. The van der Waals surface area contributed by atoms with Crippen molar-refractivity contribution in [3.8, 4) is 0 Å². The Morgan fingerprint density at radius 3 is 2.56 bits per heavy atom. The van der Waals surface area contributed by atoms with Gasteiger partial charge in [-0.15, -0.1) is 24.0 Å². The molecule has 0 bridgehead atoms. The Bertz CT molecular complexity index is 504. The van der Waals surface area contributed by atoms with Crippen LogP contribution in [0, 0.1) is 11.3 Å². The van der Waals surface area contributed by atoms with Crippen molar-refractivity contribution in [3.05, 3.63) is 0 Å². The SMILES string of the molecule is CCN=C(NC1CC(OCC)C12CCC2)N1CCC(CN2CCCC2)C1.I. The normalized spacial score (nSPS) is 32.9. The fourth-order valence-corrected chi connectivity index (χ4v) is 5.69. The van der Waals surface area contributed by atoms with Gasteiger partial charge in [0.25, 0.3) is 0 Å². The molecule has 4 aliphatic rings. The largest absolute Gasteiger partial charge is 0.378 e. The molecule has 4 fully saturated rings. The number of rotatable bonds is 6. The second kappa shape index (κ2) is 9.61. The Hall–Kier alpha value is -0.0800. The highest BCUT2D eigenvalue weighted by atomic mass is 127. The number of likely N-dealkylation sites (tertiary alicyclic amines) is 2. The Balaban J connectivity index is 0.00000210. The third kappa shape index (κ3) is 4.42. The molecule has 3 unspecified atom stereocenters. The van der Waals surface area contributed by atoms with Gasteiger partial charge in [-0.3, -0.25) is 4.99 Å². The lowest BCUT2D eigenvalue weighted by Crippen LogP contribution is -2.68. The van der Waals surface area contributed by atoms with Crippen molar-refractivity contribution in [2.45, 2.75) is 70.9 Å². The summed E-state index contributed by atoms with van der Waals surface area (Å²) in [4.78, 5) is 10.1. The van der Waals surface area contributed by atoms with E-state index in [9.17, 15) is 0 Å². The summed E-state index contributed by atoms with van der Waals surface area (Å²) in [5.41, 5.74) is 0.402. The molecule has 156 valence electrons. The zero-order valence-electron chi connectivity index (χ0n) is 17.3. The van der Waals surface area contributed by atoms with E-state index >= 15 is 0 Å². The third-order valence-corrected chi connectivity index (χ3v) is 7.35. The first-order chi connectivity index (χ1) is 12.7. The minimum absolute atomic E-state index is 0. The van der Waals surface area contributed by atoms with Crippen LogP contribution in [0.2, 0.25) is 0 Å². The summed E-state index contributed by atoms with van der Waals surface area (Å²) in [6.45, 7) is 12.3. The number of aliphatic imine (C=N–C) groups is 1. The molecule has 1 spiro atoms. The first-order valence-corrected chi connectivity index (χ1v) is 11.1. The molecule has 0 aromatic carbocycles. The second-order valence-corrected chi connectivity index (χ2v) is 8.87. The maximum Gasteiger partial charge on any atom is 0.194 e. The molecular weight excluding hydrogens is 451 g/mol. The van der Waals surface area contributed by atoms with Crippen LogP contribution in [-0.4, -0.2) is 73.8 Å². The number of nitrogens with zero attached hydrogens (tertiary/aromatic N) is 3. The van der Waals surface area contributed by atoms with E-state index in [4.69, 9.17) is 9.73 Å². The molecule has 2 saturated heterocycles. The number of hydrogen-bond acceptors (Lipinski definition) is 3. The highest BCUT2D eigenvalue weighted by molar-refractivity contribution is 14.0. The molecule has 0 aromatic rings. The monoisotopic (exact) mass is 490 g/mol. The quantitative estimate of drug-likeness (QED) is 0.352. The van der Waals surface area contributed by atoms with Crippen LogP contribution in [0.4, 0.5) is 0 Å². The van der Waals surface area contributed by atoms with E-state index < -0.39 is 0 Å². The van der Waals surface area contributed by atoms with E-state index in [1.54, 1.807) is 0 Å². The summed E-state index contributed by atoms with van der Waals surface area (Å²) >= 11 is 0. The third-order valence-electron chi connectivity index (χ3n) is 7.35. The molecule has 27 heavy (non-hydrogen) atoms. The number of halogens is 1. The predicted molar refractivity (Wildman–Crippen MR) is 122 cm³/mol. The Morgan fingerprint density at radius 1 is 1.15 bits per heavy atom. The van der Waals surface area contributed by atoms with Crippen molar-refractivity contribution in [2.24, 2.45) is 16.3 Å². The van der Waals surface area contributed by atoms with Crippen LogP contribution in [0.25, 0.3) is 0 Å². The fraction of sp³-hybridized carbons (Fsp3) is 0.952. The van der Waals surface area contributed by atoms with E-state index in [-0.39, 0.29) is 24.0 Å². The summed E-state index contributed by atoms with van der Waals surface area (Å²) in [5, 5.41) is 3.87. The van der Waals surface area contributed by atoms with Crippen LogP contribution in [-0.2, 0) is 4.74 Å². The molecule has 0 aromatic heterocycles. The van der Waals surface area contributed by atoms with Gasteiger partial charge in [-0.25, -0.2) is 0 Å². The van der Waals surface area contributed by atoms with Gasteiger partial charge in [0.05, 0.1) is 6.10 Å². The van der Waals surface area contributed by atoms with Gasteiger partial charge in [0.1, 0.15) is 0 Å². The lowest BCUT2D eigenvalue weighted by atomic mass is 9.51. The van der Waals surface area contributed by atoms with Gasteiger partial charge in [0.2, 0.25) is 0 Å². The van der Waals surface area contributed by atoms with Crippen molar-refractivity contribution < 1.29 is 4.74 Å². The Labute approximate surface area is 182 Å². The van der Waals surface area contributed by atoms with E-state index in [1.807, 2.05) is 0 Å². The molecule has 0 radical (unpaired) electrons. The first kappa shape index (κ1) is 21.6. The number of guanidine groups is 1. The van der Waals surface area contributed by atoms with Gasteiger partial charge >= 0.3 is 0 Å². The molecule has 2 aliphatic carbocycles. The van der Waals surface area contributed by atoms with Crippen LogP contribution in [0.1, 0.15) is 58.8 Å². The van der Waals surface area contributed by atoms with Gasteiger partial charge in [-0.1, -0.05) is 6.42 Å². The molecule has 4 rings (SSSR count). The molecule has 5 nitrogen and oxygen atoms in total. The summed E-state index contributed by atoms with van der Waals surface area (Å²) < 4.78 is 6.03. The van der Waals surface area contributed by atoms with Gasteiger partial charge in [-0.05, 0) is 71.4 Å². The van der Waals surface area contributed by atoms with Crippen LogP contribution in [0.3, 0.4) is 0 Å². The minimum Gasteiger partial charge on any atom is -0.378 e. The zero-order chi connectivity index (χ0) is 18.0. The maximum atomic E-state index is 6.03. The van der Waals surface area contributed by atoms with Crippen LogP contribution < -0.4 is 5.32 Å². The molecule has 1 N–H and O–H groups in total. The highest BCUT2D eigenvalue weighted by Crippen LogP contribution is 2.57. The summed E-state index contributed by atoms with van der Waals surface area (Å²) in [5.74, 6) is 1.98. The molecule has 2 aliphatic heterocycles. The first-order valence-electron chi connectivity index (χ1n) is 11.1.